The molecule has 6 nitrogen and oxygen atoms in total. The molecule has 1 aromatic heterocycles. The first-order valence-corrected chi connectivity index (χ1v) is 12.2. The summed E-state index contributed by atoms with van der Waals surface area (Å²) >= 11 is 0. The zero-order valence-electron chi connectivity index (χ0n) is 20.4. The first-order chi connectivity index (χ1) is 16.8. The number of Topliss-reactive ketones (excluding diaryl/α,β-unsaturated/α-hetero) is 1. The fraction of sp³-hybridized carbons (Fsp3) is 0.310. The van der Waals surface area contributed by atoms with Gasteiger partial charge in [-0.3, -0.25) is 9.59 Å². The highest BCUT2D eigenvalue weighted by Gasteiger charge is 2.42. The normalized spacial score (nSPS) is 18.9. The number of para-hydroxylation sites is 2. The lowest BCUT2D eigenvalue weighted by molar-refractivity contribution is -0.119. The molecule has 1 aliphatic heterocycles. The summed E-state index contributed by atoms with van der Waals surface area (Å²) in [7, 11) is 0. The Labute approximate surface area is 206 Å². The van der Waals surface area contributed by atoms with Gasteiger partial charge in [0.25, 0.3) is 0 Å². The average Bonchev–Trinajstić information content (AvgIpc) is 3.31. The molecule has 6 heteroatoms. The molecular weight excluding hydrogens is 438 g/mol. The number of ketones is 1. The molecule has 1 amide bonds. The molecule has 0 spiro atoms. The van der Waals surface area contributed by atoms with Gasteiger partial charge in [0.1, 0.15) is 11.8 Å². The van der Waals surface area contributed by atoms with E-state index in [1.165, 1.54) is 5.56 Å². The number of anilines is 3. The van der Waals surface area contributed by atoms with Gasteiger partial charge in [-0.25, -0.2) is 0 Å². The van der Waals surface area contributed by atoms with Crippen molar-refractivity contribution >= 4 is 28.8 Å². The number of carbonyl (C=O) groups excluding carboxylic acids is 2. The van der Waals surface area contributed by atoms with Crippen molar-refractivity contribution in [3.8, 4) is 0 Å². The van der Waals surface area contributed by atoms with E-state index in [0.29, 0.717) is 17.8 Å². The monoisotopic (exact) mass is 469 g/mol. The molecule has 0 fully saturated rings. The molecule has 180 valence electrons. The van der Waals surface area contributed by atoms with Gasteiger partial charge in [-0.15, -0.1) is 0 Å². The van der Waals surface area contributed by atoms with E-state index >= 15 is 0 Å². The Bertz CT molecular complexity index is 1270. The minimum absolute atomic E-state index is 0.0625. The number of carbonyl (C=O) groups is 2. The summed E-state index contributed by atoms with van der Waals surface area (Å²) < 4.78 is 5.86. The second-order valence-corrected chi connectivity index (χ2v) is 10.1. The summed E-state index contributed by atoms with van der Waals surface area (Å²) in [4.78, 5) is 28.9. The van der Waals surface area contributed by atoms with Crippen LogP contribution >= 0.6 is 0 Å². The summed E-state index contributed by atoms with van der Waals surface area (Å²) in [6, 6.07) is 19.0. The number of rotatable bonds is 5. The maximum atomic E-state index is 13.6. The van der Waals surface area contributed by atoms with Crippen molar-refractivity contribution in [2.75, 3.05) is 22.1 Å². The molecule has 2 heterocycles. The predicted octanol–water partition coefficient (Wildman–Crippen LogP) is 6.10. The van der Waals surface area contributed by atoms with Crippen LogP contribution in [0.5, 0.6) is 0 Å². The summed E-state index contributed by atoms with van der Waals surface area (Å²) in [6.07, 6.45) is 3.75. The maximum absolute atomic E-state index is 13.6. The third-order valence-electron chi connectivity index (χ3n) is 6.78. The highest BCUT2D eigenvalue weighted by atomic mass is 16.3. The van der Waals surface area contributed by atoms with Crippen molar-refractivity contribution in [2.24, 2.45) is 5.41 Å². The second kappa shape index (κ2) is 9.10. The van der Waals surface area contributed by atoms with Crippen LogP contribution in [-0.2, 0) is 16.0 Å². The van der Waals surface area contributed by atoms with Gasteiger partial charge in [-0.05, 0) is 60.2 Å². The summed E-state index contributed by atoms with van der Waals surface area (Å²) in [5, 5.41) is 6.57. The predicted molar refractivity (Wildman–Crippen MR) is 138 cm³/mol. The van der Waals surface area contributed by atoms with Crippen LogP contribution in [0.3, 0.4) is 0 Å². The van der Waals surface area contributed by atoms with Crippen molar-refractivity contribution in [1.82, 2.24) is 0 Å². The van der Waals surface area contributed by atoms with Crippen LogP contribution in [-0.4, -0.2) is 18.2 Å². The number of benzene rings is 2. The molecule has 2 aliphatic rings. The summed E-state index contributed by atoms with van der Waals surface area (Å²) in [5.41, 5.74) is 5.12. The Balaban J connectivity index is 1.56. The van der Waals surface area contributed by atoms with Gasteiger partial charge in [0.15, 0.2) is 5.78 Å². The molecule has 0 bridgehead atoms. The lowest BCUT2D eigenvalue weighted by Gasteiger charge is -2.36. The van der Waals surface area contributed by atoms with Crippen LogP contribution in [0.4, 0.5) is 17.1 Å². The van der Waals surface area contributed by atoms with Crippen LogP contribution in [0.15, 0.2) is 82.6 Å². The fourth-order valence-corrected chi connectivity index (χ4v) is 5.15. The smallest absolute Gasteiger partial charge is 0.243 e. The number of nitrogens with one attached hydrogen (secondary N) is 2. The Morgan fingerprint density at radius 3 is 2.57 bits per heavy atom. The number of amides is 1. The van der Waals surface area contributed by atoms with Gasteiger partial charge in [0, 0.05) is 23.4 Å². The second-order valence-electron chi connectivity index (χ2n) is 10.1. The molecule has 0 radical (unpaired) electrons. The molecule has 1 atom stereocenters. The van der Waals surface area contributed by atoms with Crippen LogP contribution in [0.1, 0.15) is 51.0 Å². The van der Waals surface area contributed by atoms with Gasteiger partial charge >= 0.3 is 0 Å². The Kier molecular flexibility index (Phi) is 5.97. The molecule has 0 saturated heterocycles. The fourth-order valence-electron chi connectivity index (χ4n) is 5.15. The Morgan fingerprint density at radius 1 is 1.09 bits per heavy atom. The molecule has 35 heavy (non-hydrogen) atoms. The third kappa shape index (κ3) is 4.61. The van der Waals surface area contributed by atoms with Crippen molar-refractivity contribution in [2.45, 2.75) is 46.1 Å². The van der Waals surface area contributed by atoms with E-state index in [9.17, 15) is 9.59 Å². The van der Waals surface area contributed by atoms with E-state index in [0.717, 1.165) is 35.6 Å². The number of hydrogen-bond acceptors (Lipinski definition) is 5. The van der Waals surface area contributed by atoms with E-state index in [-0.39, 0.29) is 23.7 Å². The van der Waals surface area contributed by atoms with E-state index < -0.39 is 6.04 Å². The molecule has 2 N–H and O–H groups in total. The molecular formula is C29H31N3O3. The standard InChI is InChI=1S/C29H31N3O3/c1-4-19-11-13-20(14-12-19)30-26(34)18-32-23-9-6-5-8-21(23)31-22-16-29(2,3)17-24(33)27(22)28(32)25-10-7-15-35-25/h5-15,28,31H,4,16-18H2,1-3H3,(H,30,34). The molecule has 1 unspecified atom stereocenters. The van der Waals surface area contributed by atoms with Crippen molar-refractivity contribution in [3.05, 3.63) is 89.5 Å². The topological polar surface area (TPSA) is 74.6 Å². The van der Waals surface area contributed by atoms with Gasteiger partial charge < -0.3 is 20.0 Å². The van der Waals surface area contributed by atoms with Gasteiger partial charge in [0.2, 0.25) is 5.91 Å². The molecule has 0 saturated carbocycles. The van der Waals surface area contributed by atoms with Crippen LogP contribution in [0.25, 0.3) is 0 Å². The molecule has 2 aromatic carbocycles. The number of aryl methyl sites for hydroxylation is 1. The van der Waals surface area contributed by atoms with Crippen molar-refractivity contribution in [1.29, 1.82) is 0 Å². The van der Waals surface area contributed by atoms with E-state index in [1.807, 2.05) is 65.6 Å². The minimum atomic E-state index is -0.507. The van der Waals surface area contributed by atoms with Gasteiger partial charge in [0.05, 0.1) is 24.2 Å². The SMILES string of the molecule is CCc1ccc(NC(=O)CN2c3ccccc3NC3=C(C(=O)CC(C)(C)C3)C2c2ccco2)cc1. The summed E-state index contributed by atoms with van der Waals surface area (Å²) in [5.74, 6) is 0.566. The van der Waals surface area contributed by atoms with Gasteiger partial charge in [-0.1, -0.05) is 45.0 Å². The Morgan fingerprint density at radius 2 is 1.86 bits per heavy atom. The Hall–Kier alpha value is -3.80. The first-order valence-electron chi connectivity index (χ1n) is 12.2. The maximum Gasteiger partial charge on any atom is 0.243 e. The van der Waals surface area contributed by atoms with Crippen LogP contribution in [0, 0.1) is 5.41 Å². The zero-order valence-corrected chi connectivity index (χ0v) is 20.4. The summed E-state index contributed by atoms with van der Waals surface area (Å²) in [6.45, 7) is 6.39. The van der Waals surface area contributed by atoms with E-state index in [1.54, 1.807) is 6.26 Å². The third-order valence-corrected chi connectivity index (χ3v) is 6.78. The number of nitrogens with zero attached hydrogens (tertiary/aromatic N) is 1. The molecule has 3 aromatic rings. The highest BCUT2D eigenvalue weighted by molar-refractivity contribution is 6.02. The number of allylic oxidation sites excluding steroid dienone is 1. The van der Waals surface area contributed by atoms with Crippen molar-refractivity contribution in [3.63, 3.8) is 0 Å². The van der Waals surface area contributed by atoms with Crippen molar-refractivity contribution < 1.29 is 14.0 Å². The minimum Gasteiger partial charge on any atom is -0.467 e. The van der Waals surface area contributed by atoms with Crippen LogP contribution in [0.2, 0.25) is 0 Å². The highest BCUT2D eigenvalue weighted by Crippen LogP contribution is 2.48. The van der Waals surface area contributed by atoms with E-state index in [2.05, 4.69) is 31.4 Å². The number of fused-ring (bicyclic) bond motifs is 1. The van der Waals surface area contributed by atoms with E-state index in [4.69, 9.17) is 4.42 Å². The zero-order chi connectivity index (χ0) is 24.6. The van der Waals surface area contributed by atoms with Crippen LogP contribution < -0.4 is 15.5 Å². The molecule has 1 aliphatic carbocycles. The van der Waals surface area contributed by atoms with Gasteiger partial charge in [-0.2, -0.15) is 0 Å². The number of hydrogen-bond donors (Lipinski definition) is 2. The lowest BCUT2D eigenvalue weighted by atomic mass is 9.74. The lowest BCUT2D eigenvalue weighted by Crippen LogP contribution is -2.40. The largest absolute Gasteiger partial charge is 0.467 e. The molecule has 5 rings (SSSR count). The first kappa shape index (κ1) is 23.0. The average molecular weight is 470 g/mol. The quantitative estimate of drug-likeness (QED) is 0.472. The number of furan rings is 1.